The van der Waals surface area contributed by atoms with Gasteiger partial charge >= 0.3 is 0 Å². The number of hydrogen-bond donors (Lipinski definition) is 1. The minimum absolute atomic E-state index is 0.137. The molecule has 0 aromatic heterocycles. The molecule has 1 aromatic rings. The van der Waals surface area contributed by atoms with E-state index in [-0.39, 0.29) is 11.2 Å². The fourth-order valence-electron chi connectivity index (χ4n) is 1.57. The van der Waals surface area contributed by atoms with Gasteiger partial charge in [-0.1, -0.05) is 12.1 Å². The molecule has 1 saturated heterocycles. The molecule has 1 aliphatic heterocycles. The molecule has 0 atom stereocenters. The van der Waals surface area contributed by atoms with Crippen LogP contribution in [0.5, 0.6) is 0 Å². The molecule has 0 bridgehead atoms. The van der Waals surface area contributed by atoms with E-state index in [1.165, 1.54) is 12.1 Å². The van der Waals surface area contributed by atoms with Gasteiger partial charge in [0.05, 0.1) is 18.6 Å². The van der Waals surface area contributed by atoms with Gasteiger partial charge in [-0.2, -0.15) is 0 Å². The van der Waals surface area contributed by atoms with E-state index in [0.717, 1.165) is 5.56 Å². The van der Waals surface area contributed by atoms with E-state index in [2.05, 4.69) is 0 Å². The highest BCUT2D eigenvalue weighted by atomic mass is 19.1. The Balaban J connectivity index is 2.33. The van der Waals surface area contributed by atoms with Gasteiger partial charge in [-0.05, 0) is 17.7 Å². The monoisotopic (exact) mass is 181 g/mol. The third-order valence-electron chi connectivity index (χ3n) is 2.58. The van der Waals surface area contributed by atoms with Crippen molar-refractivity contribution in [1.29, 1.82) is 0 Å². The molecule has 70 valence electrons. The predicted molar refractivity (Wildman–Crippen MR) is 48.0 cm³/mol. The molecule has 0 aliphatic carbocycles. The minimum Gasteiger partial charge on any atom is -0.379 e. The average molecular weight is 181 g/mol. The first-order valence-corrected chi connectivity index (χ1v) is 4.31. The summed E-state index contributed by atoms with van der Waals surface area (Å²) in [5, 5.41) is 0. The second-order valence-electron chi connectivity index (χ2n) is 3.49. The summed E-state index contributed by atoms with van der Waals surface area (Å²) < 4.78 is 18.0. The van der Waals surface area contributed by atoms with Gasteiger partial charge in [0.1, 0.15) is 5.82 Å². The molecule has 1 heterocycles. The van der Waals surface area contributed by atoms with Gasteiger partial charge < -0.3 is 10.5 Å². The summed E-state index contributed by atoms with van der Waals surface area (Å²) in [4.78, 5) is 0. The summed E-state index contributed by atoms with van der Waals surface area (Å²) in [5.41, 5.74) is 6.46. The predicted octanol–water partition coefficient (Wildman–Crippen LogP) is 1.05. The largest absolute Gasteiger partial charge is 0.379 e. The highest BCUT2D eigenvalue weighted by Crippen LogP contribution is 2.31. The number of hydrogen-bond acceptors (Lipinski definition) is 2. The topological polar surface area (TPSA) is 35.2 Å². The van der Waals surface area contributed by atoms with Crippen LogP contribution in [0.15, 0.2) is 24.3 Å². The normalized spacial score (nSPS) is 19.5. The fourth-order valence-corrected chi connectivity index (χ4v) is 1.57. The molecular weight excluding hydrogens is 169 g/mol. The van der Waals surface area contributed by atoms with Crippen LogP contribution in [0, 0.1) is 5.82 Å². The van der Waals surface area contributed by atoms with Crippen LogP contribution in [0.3, 0.4) is 0 Å². The first kappa shape index (κ1) is 8.66. The Morgan fingerprint density at radius 1 is 1.46 bits per heavy atom. The van der Waals surface area contributed by atoms with Crippen molar-refractivity contribution in [2.75, 3.05) is 19.8 Å². The van der Waals surface area contributed by atoms with Crippen LogP contribution in [0.4, 0.5) is 4.39 Å². The number of halogens is 1. The Morgan fingerprint density at radius 3 is 2.69 bits per heavy atom. The van der Waals surface area contributed by atoms with Crippen LogP contribution >= 0.6 is 0 Å². The van der Waals surface area contributed by atoms with Crippen molar-refractivity contribution in [3.05, 3.63) is 35.6 Å². The Bertz CT molecular complexity index is 304. The molecule has 0 unspecified atom stereocenters. The van der Waals surface area contributed by atoms with Gasteiger partial charge in [-0.15, -0.1) is 0 Å². The summed E-state index contributed by atoms with van der Waals surface area (Å²) in [6, 6.07) is 6.58. The van der Waals surface area contributed by atoms with Gasteiger partial charge in [0.15, 0.2) is 0 Å². The molecule has 2 N–H and O–H groups in total. The Labute approximate surface area is 76.5 Å². The maximum absolute atomic E-state index is 12.9. The van der Waals surface area contributed by atoms with Gasteiger partial charge in [0, 0.05) is 6.54 Å². The van der Waals surface area contributed by atoms with Crippen LogP contribution in [0.25, 0.3) is 0 Å². The van der Waals surface area contributed by atoms with E-state index in [4.69, 9.17) is 10.5 Å². The second-order valence-corrected chi connectivity index (χ2v) is 3.49. The van der Waals surface area contributed by atoms with Crippen molar-refractivity contribution in [3.8, 4) is 0 Å². The smallest absolute Gasteiger partial charge is 0.123 e. The molecule has 13 heavy (non-hydrogen) atoms. The molecular formula is C10H12FNO. The molecule has 1 fully saturated rings. The molecule has 1 aliphatic rings. The van der Waals surface area contributed by atoms with Gasteiger partial charge in [-0.25, -0.2) is 4.39 Å². The zero-order valence-corrected chi connectivity index (χ0v) is 7.29. The van der Waals surface area contributed by atoms with Crippen LogP contribution in [0.1, 0.15) is 5.56 Å². The van der Waals surface area contributed by atoms with E-state index >= 15 is 0 Å². The quantitative estimate of drug-likeness (QED) is 0.740. The molecule has 2 nitrogen and oxygen atoms in total. The van der Waals surface area contributed by atoms with E-state index in [1.54, 1.807) is 6.07 Å². The lowest BCUT2D eigenvalue weighted by molar-refractivity contribution is -0.0551. The van der Waals surface area contributed by atoms with Gasteiger partial charge in [0.2, 0.25) is 0 Å². The summed E-state index contributed by atoms with van der Waals surface area (Å²) >= 11 is 0. The zero-order valence-electron chi connectivity index (χ0n) is 7.29. The number of benzene rings is 1. The minimum atomic E-state index is -0.211. The molecule has 2 rings (SSSR count). The zero-order chi connectivity index (χ0) is 9.31. The highest BCUT2D eigenvalue weighted by Gasteiger charge is 2.39. The lowest BCUT2D eigenvalue weighted by Crippen LogP contribution is -2.52. The highest BCUT2D eigenvalue weighted by molar-refractivity contribution is 5.29. The van der Waals surface area contributed by atoms with Crippen LogP contribution in [0.2, 0.25) is 0 Å². The van der Waals surface area contributed by atoms with Crippen molar-refractivity contribution in [2.45, 2.75) is 5.41 Å². The third-order valence-corrected chi connectivity index (χ3v) is 2.58. The van der Waals surface area contributed by atoms with Crippen molar-refractivity contribution >= 4 is 0 Å². The lowest BCUT2D eigenvalue weighted by atomic mass is 9.79. The van der Waals surface area contributed by atoms with Crippen molar-refractivity contribution in [2.24, 2.45) is 5.73 Å². The van der Waals surface area contributed by atoms with E-state index in [0.29, 0.717) is 19.8 Å². The molecule has 0 radical (unpaired) electrons. The first-order chi connectivity index (χ1) is 6.27. The molecule has 1 aromatic carbocycles. The summed E-state index contributed by atoms with van der Waals surface area (Å²) in [7, 11) is 0. The first-order valence-electron chi connectivity index (χ1n) is 4.31. The lowest BCUT2D eigenvalue weighted by Gasteiger charge is -2.40. The van der Waals surface area contributed by atoms with Crippen molar-refractivity contribution in [1.82, 2.24) is 0 Å². The SMILES string of the molecule is NCC1(c2cccc(F)c2)COC1. The van der Waals surface area contributed by atoms with Crippen molar-refractivity contribution in [3.63, 3.8) is 0 Å². The fraction of sp³-hybridized carbons (Fsp3) is 0.400. The number of rotatable bonds is 2. The second kappa shape index (κ2) is 3.09. The van der Waals surface area contributed by atoms with Crippen LogP contribution < -0.4 is 5.73 Å². The van der Waals surface area contributed by atoms with E-state index < -0.39 is 0 Å². The molecule has 3 heteroatoms. The van der Waals surface area contributed by atoms with E-state index in [1.807, 2.05) is 6.07 Å². The standard InChI is InChI=1S/C10H12FNO/c11-9-3-1-2-8(4-9)10(5-12)6-13-7-10/h1-4H,5-7,12H2. The van der Waals surface area contributed by atoms with E-state index in [9.17, 15) is 4.39 Å². The maximum atomic E-state index is 12.9. The van der Waals surface area contributed by atoms with Crippen molar-refractivity contribution < 1.29 is 9.13 Å². The Kier molecular flexibility index (Phi) is 2.06. The van der Waals surface area contributed by atoms with Gasteiger partial charge in [0.25, 0.3) is 0 Å². The summed E-state index contributed by atoms with van der Waals surface area (Å²) in [6.07, 6.45) is 0. The Hall–Kier alpha value is -0.930. The van der Waals surface area contributed by atoms with Crippen LogP contribution in [-0.4, -0.2) is 19.8 Å². The van der Waals surface area contributed by atoms with Gasteiger partial charge in [-0.3, -0.25) is 0 Å². The molecule has 0 saturated carbocycles. The third kappa shape index (κ3) is 1.34. The average Bonchev–Trinajstić information content (AvgIpc) is 2.03. The summed E-state index contributed by atoms with van der Waals surface area (Å²) in [6.45, 7) is 1.72. The van der Waals surface area contributed by atoms with Crippen LogP contribution in [-0.2, 0) is 10.2 Å². The maximum Gasteiger partial charge on any atom is 0.123 e. The molecule has 0 spiro atoms. The summed E-state index contributed by atoms with van der Waals surface area (Å²) in [5.74, 6) is -0.211. The Morgan fingerprint density at radius 2 is 2.23 bits per heavy atom. The number of ether oxygens (including phenoxy) is 1. The molecule has 0 amide bonds. The number of nitrogens with two attached hydrogens (primary N) is 1.